The van der Waals surface area contributed by atoms with Gasteiger partial charge in [-0.15, -0.1) is 0 Å². The van der Waals surface area contributed by atoms with Gasteiger partial charge in [0.2, 0.25) is 0 Å². The summed E-state index contributed by atoms with van der Waals surface area (Å²) in [6, 6.07) is 10.4. The van der Waals surface area contributed by atoms with Crippen molar-refractivity contribution in [1.29, 1.82) is 0 Å². The van der Waals surface area contributed by atoms with Crippen molar-refractivity contribution < 1.29 is 4.74 Å². The molecule has 1 aliphatic heterocycles. The van der Waals surface area contributed by atoms with Crippen LogP contribution in [0.5, 0.6) is 0 Å². The molecule has 2 unspecified atom stereocenters. The number of morpholine rings is 1. The lowest BCUT2D eigenvalue weighted by Crippen LogP contribution is -2.55. The molecule has 21 heavy (non-hydrogen) atoms. The first-order valence-electron chi connectivity index (χ1n) is 8.17. The topological polar surface area (TPSA) is 12.5 Å². The lowest BCUT2D eigenvalue weighted by atomic mass is 9.93. The third kappa shape index (κ3) is 3.31. The van der Waals surface area contributed by atoms with Crippen LogP contribution in [0.3, 0.4) is 0 Å². The number of rotatable bonds is 1. The molecule has 1 aliphatic carbocycles. The van der Waals surface area contributed by atoms with Gasteiger partial charge in [0.05, 0.1) is 17.7 Å². The van der Waals surface area contributed by atoms with E-state index in [2.05, 4.69) is 54.9 Å². The van der Waals surface area contributed by atoms with Crippen LogP contribution in [0.15, 0.2) is 30.3 Å². The fourth-order valence-electron chi connectivity index (χ4n) is 3.72. The van der Waals surface area contributed by atoms with E-state index in [4.69, 9.17) is 4.74 Å². The smallest absolute Gasteiger partial charge is 0.0831 e. The molecule has 1 saturated carbocycles. The van der Waals surface area contributed by atoms with Crippen molar-refractivity contribution in [1.82, 2.24) is 4.90 Å². The van der Waals surface area contributed by atoms with Crippen LogP contribution in [0.4, 0.5) is 0 Å². The summed E-state index contributed by atoms with van der Waals surface area (Å²) >= 11 is 0. The zero-order chi connectivity index (χ0) is 14.7. The van der Waals surface area contributed by atoms with Gasteiger partial charge in [-0.05, 0) is 38.8 Å². The monoisotopic (exact) mass is 283 g/mol. The predicted octanol–water partition coefficient (Wildman–Crippen LogP) is 3.46. The van der Waals surface area contributed by atoms with E-state index in [0.717, 1.165) is 18.7 Å². The first-order valence-corrected chi connectivity index (χ1v) is 8.17. The summed E-state index contributed by atoms with van der Waals surface area (Å²) in [6.45, 7) is 6.37. The van der Waals surface area contributed by atoms with Gasteiger partial charge in [-0.1, -0.05) is 42.9 Å². The van der Waals surface area contributed by atoms with Crippen molar-refractivity contribution in [3.8, 4) is 11.8 Å². The molecule has 112 valence electrons. The minimum absolute atomic E-state index is 0.0716. The highest BCUT2D eigenvalue weighted by Gasteiger charge is 2.41. The van der Waals surface area contributed by atoms with Crippen LogP contribution in [0.1, 0.15) is 45.1 Å². The Bertz CT molecular complexity index is 511. The molecular formula is C19H25NO. The third-order valence-corrected chi connectivity index (χ3v) is 4.67. The van der Waals surface area contributed by atoms with Gasteiger partial charge >= 0.3 is 0 Å². The standard InChI is InChI=1S/C19H25NO/c1-16-14-20(15-17(2)21-16)19(11-6-7-12-19)13-10-18-8-4-3-5-9-18/h3-5,8-9,16-17H,6-7,11-12,14-15H2,1-2H3. The van der Waals surface area contributed by atoms with Gasteiger partial charge < -0.3 is 4.74 Å². The van der Waals surface area contributed by atoms with Crippen LogP contribution in [0, 0.1) is 11.8 Å². The number of hydrogen-bond acceptors (Lipinski definition) is 2. The number of hydrogen-bond donors (Lipinski definition) is 0. The molecule has 0 bridgehead atoms. The summed E-state index contributed by atoms with van der Waals surface area (Å²) in [5.41, 5.74) is 1.19. The Balaban J connectivity index is 1.85. The highest BCUT2D eigenvalue weighted by Crippen LogP contribution is 2.36. The van der Waals surface area contributed by atoms with Crippen LogP contribution < -0.4 is 0 Å². The minimum Gasteiger partial charge on any atom is -0.373 e. The second-order valence-electron chi connectivity index (χ2n) is 6.52. The quantitative estimate of drug-likeness (QED) is 0.732. The summed E-state index contributed by atoms with van der Waals surface area (Å²) in [5.74, 6) is 7.06. The van der Waals surface area contributed by atoms with Gasteiger partial charge in [-0.25, -0.2) is 0 Å². The summed E-state index contributed by atoms with van der Waals surface area (Å²) in [6.07, 6.45) is 5.61. The summed E-state index contributed by atoms with van der Waals surface area (Å²) in [5, 5.41) is 0. The fraction of sp³-hybridized carbons (Fsp3) is 0.579. The Hall–Kier alpha value is -1.30. The maximum absolute atomic E-state index is 5.89. The molecule has 0 aromatic heterocycles. The summed E-state index contributed by atoms with van der Waals surface area (Å²) in [7, 11) is 0. The normalized spacial score (nSPS) is 28.9. The molecule has 1 aromatic rings. The van der Waals surface area contributed by atoms with Gasteiger partial charge in [0.15, 0.2) is 0 Å². The second kappa shape index (κ2) is 6.22. The molecule has 2 nitrogen and oxygen atoms in total. The van der Waals surface area contributed by atoms with Crippen molar-refractivity contribution in [2.24, 2.45) is 0 Å². The van der Waals surface area contributed by atoms with Crippen LogP contribution in [-0.2, 0) is 4.74 Å². The largest absolute Gasteiger partial charge is 0.373 e. The van der Waals surface area contributed by atoms with Gasteiger partial charge in [-0.3, -0.25) is 4.90 Å². The molecule has 0 amide bonds. The Morgan fingerprint density at radius 2 is 1.67 bits per heavy atom. The highest BCUT2D eigenvalue weighted by atomic mass is 16.5. The molecule has 0 radical (unpaired) electrons. The minimum atomic E-state index is 0.0716. The Morgan fingerprint density at radius 3 is 2.29 bits per heavy atom. The van der Waals surface area contributed by atoms with E-state index in [-0.39, 0.29) is 5.54 Å². The van der Waals surface area contributed by atoms with Crippen molar-refractivity contribution >= 4 is 0 Å². The summed E-state index contributed by atoms with van der Waals surface area (Å²) < 4.78 is 5.89. The Morgan fingerprint density at radius 1 is 1.05 bits per heavy atom. The maximum atomic E-state index is 5.89. The SMILES string of the molecule is CC1CN(C2(C#Cc3ccccc3)CCCC2)CC(C)O1. The van der Waals surface area contributed by atoms with E-state index in [9.17, 15) is 0 Å². The lowest BCUT2D eigenvalue weighted by molar-refractivity contribution is -0.0905. The molecule has 2 heteroatoms. The molecule has 3 rings (SSSR count). The van der Waals surface area contributed by atoms with Crippen molar-refractivity contribution in [2.45, 2.75) is 57.3 Å². The maximum Gasteiger partial charge on any atom is 0.0831 e. The van der Waals surface area contributed by atoms with E-state index in [1.54, 1.807) is 0 Å². The van der Waals surface area contributed by atoms with E-state index in [0.29, 0.717) is 12.2 Å². The molecule has 1 aromatic carbocycles. The van der Waals surface area contributed by atoms with Crippen molar-refractivity contribution in [2.75, 3.05) is 13.1 Å². The molecule has 1 saturated heterocycles. The van der Waals surface area contributed by atoms with Crippen molar-refractivity contribution in [3.63, 3.8) is 0 Å². The third-order valence-electron chi connectivity index (χ3n) is 4.67. The first-order chi connectivity index (χ1) is 10.2. The molecule has 0 N–H and O–H groups in total. The van der Waals surface area contributed by atoms with Crippen LogP contribution >= 0.6 is 0 Å². The van der Waals surface area contributed by atoms with E-state index < -0.39 is 0 Å². The molecule has 0 spiro atoms. The first kappa shape index (κ1) is 14.6. The van der Waals surface area contributed by atoms with E-state index in [1.807, 2.05) is 6.07 Å². The fourth-order valence-corrected chi connectivity index (χ4v) is 3.72. The number of benzene rings is 1. The van der Waals surface area contributed by atoms with E-state index >= 15 is 0 Å². The average Bonchev–Trinajstić information content (AvgIpc) is 2.95. The second-order valence-corrected chi connectivity index (χ2v) is 6.52. The predicted molar refractivity (Wildman–Crippen MR) is 86.1 cm³/mol. The van der Waals surface area contributed by atoms with Crippen LogP contribution in [0.2, 0.25) is 0 Å². The highest BCUT2D eigenvalue weighted by molar-refractivity contribution is 5.37. The molecule has 2 fully saturated rings. The summed E-state index contributed by atoms with van der Waals surface area (Å²) in [4.78, 5) is 2.59. The molecular weight excluding hydrogens is 258 g/mol. The van der Waals surface area contributed by atoms with E-state index in [1.165, 1.54) is 25.7 Å². The molecule has 2 atom stereocenters. The van der Waals surface area contributed by atoms with Gasteiger partial charge in [0, 0.05) is 18.7 Å². The Labute approximate surface area is 128 Å². The van der Waals surface area contributed by atoms with Gasteiger partial charge in [0.25, 0.3) is 0 Å². The van der Waals surface area contributed by atoms with Crippen molar-refractivity contribution in [3.05, 3.63) is 35.9 Å². The Kier molecular flexibility index (Phi) is 4.33. The van der Waals surface area contributed by atoms with Gasteiger partial charge in [-0.2, -0.15) is 0 Å². The zero-order valence-electron chi connectivity index (χ0n) is 13.1. The molecule has 1 heterocycles. The van der Waals surface area contributed by atoms with Crippen LogP contribution in [-0.4, -0.2) is 35.7 Å². The zero-order valence-corrected chi connectivity index (χ0v) is 13.1. The van der Waals surface area contributed by atoms with Crippen LogP contribution in [0.25, 0.3) is 0 Å². The number of ether oxygens (including phenoxy) is 1. The number of nitrogens with zero attached hydrogens (tertiary/aromatic N) is 1. The molecule has 2 aliphatic rings. The lowest BCUT2D eigenvalue weighted by Gasteiger charge is -2.44. The average molecular weight is 283 g/mol. The van der Waals surface area contributed by atoms with Gasteiger partial charge in [0.1, 0.15) is 0 Å².